The lowest BCUT2D eigenvalue weighted by Gasteiger charge is -2.13. The van der Waals surface area contributed by atoms with Gasteiger partial charge in [0.2, 0.25) is 0 Å². The van der Waals surface area contributed by atoms with Crippen molar-refractivity contribution >= 4 is 27.7 Å². The Kier molecular flexibility index (Phi) is 6.58. The van der Waals surface area contributed by atoms with Crippen LogP contribution in [0.4, 0.5) is 0 Å². The van der Waals surface area contributed by atoms with Crippen molar-refractivity contribution in [3.05, 3.63) is 34.3 Å². The summed E-state index contributed by atoms with van der Waals surface area (Å²) in [5, 5.41) is 0. The topological polar surface area (TPSA) is 52.6 Å². The fourth-order valence-electron chi connectivity index (χ4n) is 2.45. The van der Waals surface area contributed by atoms with Crippen molar-refractivity contribution in [2.45, 2.75) is 38.7 Å². The van der Waals surface area contributed by atoms with Crippen molar-refractivity contribution in [2.75, 3.05) is 13.2 Å². The lowest BCUT2D eigenvalue weighted by Crippen LogP contribution is -2.20. The van der Waals surface area contributed by atoms with Crippen molar-refractivity contribution < 1.29 is 19.1 Å². The third-order valence-electron chi connectivity index (χ3n) is 3.75. The van der Waals surface area contributed by atoms with Crippen LogP contribution in [0.3, 0.4) is 0 Å². The molecule has 0 amide bonds. The number of ether oxygens (including phenoxy) is 2. The van der Waals surface area contributed by atoms with Crippen LogP contribution in [0.15, 0.2) is 28.7 Å². The summed E-state index contributed by atoms with van der Waals surface area (Å²) in [5.74, 6) is -0.804. The second kappa shape index (κ2) is 8.44. The minimum Gasteiger partial charge on any atom is -0.465 e. The Bertz CT molecular complexity index is 523. The molecule has 1 aromatic rings. The molecule has 0 N–H and O–H groups in total. The van der Waals surface area contributed by atoms with Crippen LogP contribution in [-0.4, -0.2) is 31.1 Å². The fourth-order valence-corrected chi connectivity index (χ4v) is 2.85. The van der Waals surface area contributed by atoms with E-state index < -0.39 is 5.92 Å². The Morgan fingerprint density at radius 1 is 1.45 bits per heavy atom. The van der Waals surface area contributed by atoms with Crippen LogP contribution in [-0.2, 0) is 14.3 Å². The van der Waals surface area contributed by atoms with E-state index in [-0.39, 0.29) is 24.3 Å². The number of hydrogen-bond acceptors (Lipinski definition) is 4. The second-order valence-electron chi connectivity index (χ2n) is 5.63. The average molecular weight is 369 g/mol. The molecule has 1 saturated heterocycles. The van der Waals surface area contributed by atoms with Gasteiger partial charge in [-0.25, -0.2) is 0 Å². The zero-order valence-corrected chi connectivity index (χ0v) is 14.3. The Morgan fingerprint density at radius 2 is 2.27 bits per heavy atom. The highest BCUT2D eigenvalue weighted by atomic mass is 79.9. The number of esters is 1. The van der Waals surface area contributed by atoms with E-state index in [4.69, 9.17) is 9.47 Å². The molecule has 1 fully saturated rings. The number of benzene rings is 1. The van der Waals surface area contributed by atoms with Gasteiger partial charge in [0.1, 0.15) is 0 Å². The molecule has 0 saturated carbocycles. The van der Waals surface area contributed by atoms with Gasteiger partial charge in [0.25, 0.3) is 0 Å². The first-order valence-corrected chi connectivity index (χ1v) is 8.42. The SMILES string of the molecule is C[C@H](CC(=O)c1cccc(Br)c1)C(=O)OCC[C@@H]1CCCO1. The van der Waals surface area contributed by atoms with Gasteiger partial charge in [-0.1, -0.05) is 35.0 Å². The van der Waals surface area contributed by atoms with E-state index in [1.165, 1.54) is 0 Å². The van der Waals surface area contributed by atoms with Crippen LogP contribution in [0, 0.1) is 5.92 Å². The standard InChI is InChI=1S/C17H21BrO4/c1-12(10-16(19)13-4-2-5-14(18)11-13)17(20)22-9-7-15-6-3-8-21-15/h2,4-5,11-12,15H,3,6-10H2,1H3/t12-,15+/m1/s1. The highest BCUT2D eigenvalue weighted by molar-refractivity contribution is 9.10. The molecule has 1 aromatic carbocycles. The zero-order chi connectivity index (χ0) is 15.9. The summed E-state index contributed by atoms with van der Waals surface area (Å²) >= 11 is 3.34. The third-order valence-corrected chi connectivity index (χ3v) is 4.24. The van der Waals surface area contributed by atoms with E-state index >= 15 is 0 Å². The van der Waals surface area contributed by atoms with E-state index in [1.807, 2.05) is 12.1 Å². The lowest BCUT2D eigenvalue weighted by atomic mass is 10.00. The maximum Gasteiger partial charge on any atom is 0.309 e. The molecule has 0 radical (unpaired) electrons. The number of carbonyl (C=O) groups excluding carboxylic acids is 2. The Labute approximate surface area is 139 Å². The van der Waals surface area contributed by atoms with Gasteiger partial charge in [-0.3, -0.25) is 9.59 Å². The smallest absolute Gasteiger partial charge is 0.309 e. The van der Waals surface area contributed by atoms with Crippen LogP contribution in [0.5, 0.6) is 0 Å². The normalized spacial score (nSPS) is 18.9. The van der Waals surface area contributed by atoms with Gasteiger partial charge >= 0.3 is 5.97 Å². The van der Waals surface area contributed by atoms with Gasteiger partial charge in [-0.2, -0.15) is 0 Å². The molecule has 0 unspecified atom stereocenters. The quantitative estimate of drug-likeness (QED) is 0.542. The molecular formula is C17H21BrO4. The molecule has 2 atom stereocenters. The van der Waals surface area contributed by atoms with Crippen molar-refractivity contribution in [1.29, 1.82) is 0 Å². The van der Waals surface area contributed by atoms with Crippen LogP contribution in [0.25, 0.3) is 0 Å². The largest absolute Gasteiger partial charge is 0.465 e. The van der Waals surface area contributed by atoms with Crippen LogP contribution in [0.1, 0.15) is 43.0 Å². The van der Waals surface area contributed by atoms with Gasteiger partial charge in [0.15, 0.2) is 5.78 Å². The molecule has 120 valence electrons. The second-order valence-corrected chi connectivity index (χ2v) is 6.55. The maximum absolute atomic E-state index is 12.1. The van der Waals surface area contributed by atoms with Gasteiger partial charge in [-0.15, -0.1) is 0 Å². The molecular weight excluding hydrogens is 348 g/mol. The molecule has 1 aliphatic heterocycles. The summed E-state index contributed by atoms with van der Waals surface area (Å²) in [6.07, 6.45) is 3.23. The average Bonchev–Trinajstić information content (AvgIpc) is 3.00. The Balaban J connectivity index is 1.74. The lowest BCUT2D eigenvalue weighted by molar-refractivity contribution is -0.148. The maximum atomic E-state index is 12.1. The molecule has 0 bridgehead atoms. The fraction of sp³-hybridized carbons (Fsp3) is 0.529. The summed E-state index contributed by atoms with van der Waals surface area (Å²) in [5.41, 5.74) is 0.605. The monoisotopic (exact) mass is 368 g/mol. The Morgan fingerprint density at radius 3 is 2.95 bits per heavy atom. The summed E-state index contributed by atoms with van der Waals surface area (Å²) < 4.78 is 11.6. The number of rotatable bonds is 7. The van der Waals surface area contributed by atoms with Crippen LogP contribution in [0.2, 0.25) is 0 Å². The van der Waals surface area contributed by atoms with E-state index in [0.717, 1.165) is 30.3 Å². The molecule has 22 heavy (non-hydrogen) atoms. The molecule has 1 heterocycles. The van der Waals surface area contributed by atoms with E-state index in [9.17, 15) is 9.59 Å². The summed E-state index contributed by atoms with van der Waals surface area (Å²) in [6.45, 7) is 2.89. The number of hydrogen-bond donors (Lipinski definition) is 0. The number of ketones is 1. The Hall–Kier alpha value is -1.20. The minimum atomic E-state index is -0.434. The van der Waals surface area contributed by atoms with E-state index in [2.05, 4.69) is 15.9 Å². The molecule has 2 rings (SSSR count). The van der Waals surface area contributed by atoms with Crippen molar-refractivity contribution in [1.82, 2.24) is 0 Å². The first kappa shape index (κ1) is 17.2. The highest BCUT2D eigenvalue weighted by Gasteiger charge is 2.21. The van der Waals surface area contributed by atoms with Crippen molar-refractivity contribution in [3.8, 4) is 0 Å². The molecule has 1 aliphatic rings. The van der Waals surface area contributed by atoms with Gasteiger partial charge in [-0.05, 0) is 25.0 Å². The first-order chi connectivity index (χ1) is 10.6. The highest BCUT2D eigenvalue weighted by Crippen LogP contribution is 2.17. The molecule has 0 aromatic heterocycles. The number of carbonyl (C=O) groups is 2. The molecule has 5 heteroatoms. The van der Waals surface area contributed by atoms with Gasteiger partial charge in [0.05, 0.1) is 18.6 Å². The minimum absolute atomic E-state index is 0.0510. The summed E-state index contributed by atoms with van der Waals surface area (Å²) in [6, 6.07) is 7.18. The van der Waals surface area contributed by atoms with E-state index in [0.29, 0.717) is 12.2 Å². The molecule has 0 aliphatic carbocycles. The molecule has 4 nitrogen and oxygen atoms in total. The summed E-state index contributed by atoms with van der Waals surface area (Å²) in [7, 11) is 0. The van der Waals surface area contributed by atoms with Gasteiger partial charge in [0, 0.05) is 29.5 Å². The van der Waals surface area contributed by atoms with Crippen LogP contribution < -0.4 is 0 Å². The van der Waals surface area contributed by atoms with Crippen molar-refractivity contribution in [2.24, 2.45) is 5.92 Å². The molecule has 0 spiro atoms. The van der Waals surface area contributed by atoms with E-state index in [1.54, 1.807) is 19.1 Å². The van der Waals surface area contributed by atoms with Crippen LogP contribution >= 0.6 is 15.9 Å². The predicted molar refractivity (Wildman–Crippen MR) is 86.8 cm³/mol. The summed E-state index contributed by atoms with van der Waals surface area (Å²) in [4.78, 5) is 24.1. The predicted octanol–water partition coefficient (Wildman–Crippen LogP) is 3.77. The third kappa shape index (κ3) is 5.21. The number of halogens is 1. The first-order valence-electron chi connectivity index (χ1n) is 7.63. The van der Waals surface area contributed by atoms with Gasteiger partial charge < -0.3 is 9.47 Å². The number of Topliss-reactive ketones (excluding diaryl/α,β-unsaturated/α-hetero) is 1. The zero-order valence-electron chi connectivity index (χ0n) is 12.7. The van der Waals surface area contributed by atoms with Crippen molar-refractivity contribution in [3.63, 3.8) is 0 Å².